The van der Waals surface area contributed by atoms with E-state index in [0.29, 0.717) is 35.7 Å². The first-order valence-corrected chi connectivity index (χ1v) is 5.98. The summed E-state index contributed by atoms with van der Waals surface area (Å²) >= 11 is 5.81. The van der Waals surface area contributed by atoms with Gasteiger partial charge in [-0.2, -0.15) is 0 Å². The summed E-state index contributed by atoms with van der Waals surface area (Å²) in [4.78, 5) is 4.06. The van der Waals surface area contributed by atoms with Gasteiger partial charge in [0.15, 0.2) is 0 Å². The van der Waals surface area contributed by atoms with Crippen molar-refractivity contribution in [1.29, 1.82) is 0 Å². The highest BCUT2D eigenvalue weighted by molar-refractivity contribution is 6.31. The molecule has 0 spiro atoms. The molecule has 17 heavy (non-hydrogen) atoms. The van der Waals surface area contributed by atoms with Crippen LogP contribution in [0.1, 0.15) is 19.5 Å². The largest absolute Gasteiger partial charge is 0.475 e. The van der Waals surface area contributed by atoms with E-state index < -0.39 is 0 Å². The Morgan fingerprint density at radius 1 is 1.35 bits per heavy atom. The van der Waals surface area contributed by atoms with Gasteiger partial charge in [0, 0.05) is 12.7 Å². The zero-order valence-corrected chi connectivity index (χ0v) is 10.9. The molecule has 0 radical (unpaired) electrons. The second kappa shape index (κ2) is 7.48. The van der Waals surface area contributed by atoms with Crippen molar-refractivity contribution in [3.05, 3.63) is 22.8 Å². The maximum absolute atomic E-state index is 8.99. The Kier molecular flexibility index (Phi) is 6.26. The minimum absolute atomic E-state index is 0.195. The van der Waals surface area contributed by atoms with E-state index in [4.69, 9.17) is 26.2 Å². The van der Waals surface area contributed by atoms with E-state index in [9.17, 15) is 0 Å². The molecule has 0 amide bonds. The van der Waals surface area contributed by atoms with E-state index in [1.165, 1.54) is 0 Å². The van der Waals surface area contributed by atoms with E-state index in [1.54, 1.807) is 12.1 Å². The van der Waals surface area contributed by atoms with Gasteiger partial charge < -0.3 is 14.6 Å². The number of aliphatic hydroxyl groups excluding tert-OH is 1. The minimum Gasteiger partial charge on any atom is -0.475 e. The molecule has 96 valence electrons. The molecule has 0 fully saturated rings. The molecule has 0 bridgehead atoms. The van der Waals surface area contributed by atoms with Crippen molar-refractivity contribution in [3.63, 3.8) is 0 Å². The molecule has 0 atom stereocenters. The van der Waals surface area contributed by atoms with Gasteiger partial charge in [0.2, 0.25) is 5.88 Å². The number of halogens is 1. The van der Waals surface area contributed by atoms with E-state index in [2.05, 4.69) is 18.8 Å². The normalized spacial score (nSPS) is 10.9. The summed E-state index contributed by atoms with van der Waals surface area (Å²) in [7, 11) is 0. The summed E-state index contributed by atoms with van der Waals surface area (Å²) in [5.41, 5.74) is 0.423. The summed E-state index contributed by atoms with van der Waals surface area (Å²) in [5, 5.41) is 9.43. The zero-order valence-electron chi connectivity index (χ0n) is 10.1. The maximum Gasteiger partial charge on any atom is 0.213 e. The highest BCUT2D eigenvalue weighted by Crippen LogP contribution is 2.17. The maximum atomic E-state index is 8.99. The predicted molar refractivity (Wildman–Crippen MR) is 66.3 cm³/mol. The molecule has 1 aromatic heterocycles. The van der Waals surface area contributed by atoms with Gasteiger partial charge in [-0.25, -0.2) is 4.98 Å². The van der Waals surface area contributed by atoms with Crippen LogP contribution in [0.3, 0.4) is 0 Å². The standard InChI is InChI=1S/C12H18ClNO3/c1-9(2)8-16-5-6-17-12-4-3-10(13)11(7-15)14-12/h3-4,9,15H,5-8H2,1-2H3. The van der Waals surface area contributed by atoms with Crippen LogP contribution in [-0.4, -0.2) is 29.9 Å². The lowest BCUT2D eigenvalue weighted by molar-refractivity contribution is 0.0805. The molecule has 1 aromatic rings. The Bertz CT molecular complexity index is 345. The molecule has 1 N–H and O–H groups in total. The van der Waals surface area contributed by atoms with Crippen molar-refractivity contribution >= 4 is 11.6 Å². The van der Waals surface area contributed by atoms with Gasteiger partial charge in [0.1, 0.15) is 6.61 Å². The van der Waals surface area contributed by atoms with Crippen molar-refractivity contribution in [2.75, 3.05) is 19.8 Å². The molecule has 0 aliphatic carbocycles. The molecule has 1 heterocycles. The number of aliphatic hydroxyl groups is 1. The first-order valence-electron chi connectivity index (χ1n) is 5.60. The SMILES string of the molecule is CC(C)COCCOc1ccc(Cl)c(CO)n1. The molecule has 1 rings (SSSR count). The fraction of sp³-hybridized carbons (Fsp3) is 0.583. The third-order valence-electron chi connectivity index (χ3n) is 1.97. The molecule has 0 saturated heterocycles. The molecule has 4 nitrogen and oxygen atoms in total. The zero-order chi connectivity index (χ0) is 12.7. The molecular weight excluding hydrogens is 242 g/mol. The van der Waals surface area contributed by atoms with E-state index in [1.807, 2.05) is 0 Å². The van der Waals surface area contributed by atoms with E-state index >= 15 is 0 Å². The van der Waals surface area contributed by atoms with Crippen molar-refractivity contribution in [2.24, 2.45) is 5.92 Å². The van der Waals surface area contributed by atoms with Gasteiger partial charge in [-0.15, -0.1) is 0 Å². The Morgan fingerprint density at radius 2 is 2.12 bits per heavy atom. The molecule has 0 aliphatic heterocycles. The number of pyridine rings is 1. The number of rotatable bonds is 7. The van der Waals surface area contributed by atoms with Crippen LogP contribution in [0.5, 0.6) is 5.88 Å². The van der Waals surface area contributed by atoms with Gasteiger partial charge in [0.25, 0.3) is 0 Å². The summed E-state index contributed by atoms with van der Waals surface area (Å²) in [6, 6.07) is 3.33. The lowest BCUT2D eigenvalue weighted by Crippen LogP contribution is -2.11. The predicted octanol–water partition coefficient (Wildman–Crippen LogP) is 2.28. The quantitative estimate of drug-likeness (QED) is 0.764. The first-order chi connectivity index (χ1) is 8.13. The van der Waals surface area contributed by atoms with Crippen molar-refractivity contribution < 1.29 is 14.6 Å². The van der Waals surface area contributed by atoms with Crippen LogP contribution in [0.2, 0.25) is 5.02 Å². The van der Waals surface area contributed by atoms with Gasteiger partial charge >= 0.3 is 0 Å². The van der Waals surface area contributed by atoms with Gasteiger partial charge in [-0.05, 0) is 12.0 Å². The fourth-order valence-corrected chi connectivity index (χ4v) is 1.34. The van der Waals surface area contributed by atoms with Crippen LogP contribution in [0, 0.1) is 5.92 Å². The molecule has 0 aromatic carbocycles. The molecule has 0 unspecified atom stereocenters. The average Bonchev–Trinajstić information content (AvgIpc) is 2.30. The molecule has 0 aliphatic rings. The lowest BCUT2D eigenvalue weighted by atomic mass is 10.2. The number of nitrogens with zero attached hydrogens (tertiary/aromatic N) is 1. The van der Waals surface area contributed by atoms with Crippen LogP contribution < -0.4 is 4.74 Å². The Morgan fingerprint density at radius 3 is 2.76 bits per heavy atom. The van der Waals surface area contributed by atoms with E-state index in [-0.39, 0.29) is 6.61 Å². The summed E-state index contributed by atoms with van der Waals surface area (Å²) in [5.74, 6) is 0.969. The summed E-state index contributed by atoms with van der Waals surface area (Å²) in [6.07, 6.45) is 0. The second-order valence-corrected chi connectivity index (χ2v) is 4.46. The lowest BCUT2D eigenvalue weighted by Gasteiger charge is -2.09. The third-order valence-corrected chi connectivity index (χ3v) is 2.32. The number of aromatic nitrogens is 1. The number of hydrogen-bond donors (Lipinski definition) is 1. The highest BCUT2D eigenvalue weighted by atomic mass is 35.5. The van der Waals surface area contributed by atoms with Gasteiger partial charge in [-0.3, -0.25) is 0 Å². The average molecular weight is 260 g/mol. The van der Waals surface area contributed by atoms with E-state index in [0.717, 1.165) is 6.61 Å². The molecular formula is C12H18ClNO3. The number of hydrogen-bond acceptors (Lipinski definition) is 4. The van der Waals surface area contributed by atoms with Crippen LogP contribution in [0.4, 0.5) is 0 Å². The molecule has 0 saturated carbocycles. The Labute approximate surface area is 107 Å². The van der Waals surface area contributed by atoms with Crippen molar-refractivity contribution in [2.45, 2.75) is 20.5 Å². The number of ether oxygens (including phenoxy) is 2. The Balaban J connectivity index is 2.32. The van der Waals surface area contributed by atoms with Crippen LogP contribution in [0.15, 0.2) is 12.1 Å². The molecule has 5 heteroatoms. The second-order valence-electron chi connectivity index (χ2n) is 4.05. The fourth-order valence-electron chi connectivity index (χ4n) is 1.18. The van der Waals surface area contributed by atoms with Gasteiger partial charge in [-0.1, -0.05) is 25.4 Å². The van der Waals surface area contributed by atoms with Crippen molar-refractivity contribution in [1.82, 2.24) is 4.98 Å². The smallest absolute Gasteiger partial charge is 0.213 e. The van der Waals surface area contributed by atoms with Gasteiger partial charge in [0.05, 0.1) is 23.9 Å². The third kappa shape index (κ3) is 5.35. The monoisotopic (exact) mass is 259 g/mol. The summed E-state index contributed by atoms with van der Waals surface area (Å²) in [6.45, 7) is 5.67. The topological polar surface area (TPSA) is 51.6 Å². The van der Waals surface area contributed by atoms with Crippen LogP contribution in [0.25, 0.3) is 0 Å². The Hall–Kier alpha value is -0.840. The minimum atomic E-state index is -0.195. The van der Waals surface area contributed by atoms with Crippen LogP contribution >= 0.6 is 11.6 Å². The van der Waals surface area contributed by atoms with Crippen molar-refractivity contribution in [3.8, 4) is 5.88 Å². The summed E-state index contributed by atoms with van der Waals surface area (Å²) < 4.78 is 10.7. The van der Waals surface area contributed by atoms with Crippen LogP contribution in [-0.2, 0) is 11.3 Å². The highest BCUT2D eigenvalue weighted by Gasteiger charge is 2.03. The first kappa shape index (κ1) is 14.2.